The number of nitrogens with one attached hydrogen (secondary N) is 2. The standard InChI is InChI=1S/C21H24N6O2/c1-13-12-18(25-21(22-13)27-10-4-5-11-27)23-16-6-8-17(9-7-16)24-20(28)19-14(2)26-29-15(19)3/h6-9,12H,4-5,10-11H2,1-3H3,(H,24,28)(H,22,23,25). The molecule has 1 aliphatic rings. The Balaban J connectivity index is 1.45. The van der Waals surface area contributed by atoms with Gasteiger partial charge in [0.15, 0.2) is 0 Å². The van der Waals surface area contributed by atoms with E-state index in [0.29, 0.717) is 22.7 Å². The molecule has 0 radical (unpaired) electrons. The fourth-order valence-corrected chi connectivity index (χ4v) is 3.46. The number of anilines is 4. The molecular weight excluding hydrogens is 368 g/mol. The maximum Gasteiger partial charge on any atom is 0.261 e. The number of hydrogen-bond acceptors (Lipinski definition) is 7. The Morgan fingerprint density at radius 3 is 2.38 bits per heavy atom. The van der Waals surface area contributed by atoms with Crippen molar-refractivity contribution in [3.05, 3.63) is 53.0 Å². The molecule has 0 bridgehead atoms. The van der Waals surface area contributed by atoms with Gasteiger partial charge in [-0.05, 0) is 57.9 Å². The quantitative estimate of drug-likeness (QED) is 0.678. The van der Waals surface area contributed by atoms with Gasteiger partial charge >= 0.3 is 0 Å². The molecule has 3 heterocycles. The molecule has 150 valence electrons. The van der Waals surface area contributed by atoms with Gasteiger partial charge in [0.25, 0.3) is 5.91 Å². The second kappa shape index (κ2) is 7.90. The highest BCUT2D eigenvalue weighted by Gasteiger charge is 2.18. The molecule has 1 aliphatic heterocycles. The highest BCUT2D eigenvalue weighted by molar-refractivity contribution is 6.05. The van der Waals surface area contributed by atoms with Crippen LogP contribution in [0.3, 0.4) is 0 Å². The predicted molar refractivity (Wildman–Crippen MR) is 112 cm³/mol. The number of carbonyl (C=O) groups is 1. The van der Waals surface area contributed by atoms with Crippen molar-refractivity contribution in [1.29, 1.82) is 0 Å². The zero-order valence-electron chi connectivity index (χ0n) is 16.8. The maximum atomic E-state index is 12.4. The maximum absolute atomic E-state index is 12.4. The Kier molecular flexibility index (Phi) is 5.16. The Morgan fingerprint density at radius 2 is 1.72 bits per heavy atom. The molecule has 3 aromatic rings. The van der Waals surface area contributed by atoms with Crippen LogP contribution in [0.5, 0.6) is 0 Å². The monoisotopic (exact) mass is 392 g/mol. The number of rotatable bonds is 5. The first kappa shape index (κ1) is 18.9. The predicted octanol–water partition coefficient (Wildman–Crippen LogP) is 3.99. The summed E-state index contributed by atoms with van der Waals surface area (Å²) in [6.45, 7) is 7.45. The zero-order valence-corrected chi connectivity index (χ0v) is 16.8. The zero-order chi connectivity index (χ0) is 20.4. The summed E-state index contributed by atoms with van der Waals surface area (Å²) in [6, 6.07) is 9.40. The van der Waals surface area contributed by atoms with Crippen LogP contribution in [-0.4, -0.2) is 34.1 Å². The van der Waals surface area contributed by atoms with Crippen molar-refractivity contribution in [3.8, 4) is 0 Å². The smallest absolute Gasteiger partial charge is 0.261 e. The lowest BCUT2D eigenvalue weighted by atomic mass is 10.2. The van der Waals surface area contributed by atoms with E-state index >= 15 is 0 Å². The van der Waals surface area contributed by atoms with Crippen LogP contribution in [0.2, 0.25) is 0 Å². The largest absolute Gasteiger partial charge is 0.361 e. The second-order valence-electron chi connectivity index (χ2n) is 7.24. The highest BCUT2D eigenvalue weighted by Crippen LogP contribution is 2.23. The molecule has 1 saturated heterocycles. The average molecular weight is 392 g/mol. The van der Waals surface area contributed by atoms with E-state index in [0.717, 1.165) is 36.2 Å². The van der Waals surface area contributed by atoms with Crippen molar-refractivity contribution in [3.63, 3.8) is 0 Å². The minimum atomic E-state index is -0.233. The van der Waals surface area contributed by atoms with Crippen LogP contribution in [0.25, 0.3) is 0 Å². The molecular formula is C21H24N6O2. The lowest BCUT2D eigenvalue weighted by Gasteiger charge is -2.17. The van der Waals surface area contributed by atoms with Crippen LogP contribution < -0.4 is 15.5 Å². The van der Waals surface area contributed by atoms with Gasteiger partial charge in [0.1, 0.15) is 17.1 Å². The van der Waals surface area contributed by atoms with Crippen molar-refractivity contribution in [2.24, 2.45) is 0 Å². The first-order valence-corrected chi connectivity index (χ1v) is 9.71. The summed E-state index contributed by atoms with van der Waals surface area (Å²) in [5.41, 5.74) is 3.54. The summed E-state index contributed by atoms with van der Waals surface area (Å²) in [5.74, 6) is 1.80. The third kappa shape index (κ3) is 4.21. The first-order valence-electron chi connectivity index (χ1n) is 9.71. The Morgan fingerprint density at radius 1 is 1.03 bits per heavy atom. The summed E-state index contributed by atoms with van der Waals surface area (Å²) >= 11 is 0. The van der Waals surface area contributed by atoms with Gasteiger partial charge < -0.3 is 20.1 Å². The SMILES string of the molecule is Cc1cc(Nc2ccc(NC(=O)c3c(C)noc3C)cc2)nc(N2CCCC2)n1. The van der Waals surface area contributed by atoms with E-state index in [9.17, 15) is 4.79 Å². The molecule has 2 aromatic heterocycles. The molecule has 1 aromatic carbocycles. The molecule has 0 unspecified atom stereocenters. The van der Waals surface area contributed by atoms with Crippen molar-refractivity contribution in [2.45, 2.75) is 33.6 Å². The van der Waals surface area contributed by atoms with Gasteiger partial charge in [-0.15, -0.1) is 0 Å². The molecule has 0 spiro atoms. The fourth-order valence-electron chi connectivity index (χ4n) is 3.46. The summed E-state index contributed by atoms with van der Waals surface area (Å²) in [7, 11) is 0. The molecule has 8 nitrogen and oxygen atoms in total. The molecule has 4 rings (SSSR count). The first-order chi connectivity index (χ1) is 14.0. The molecule has 29 heavy (non-hydrogen) atoms. The summed E-state index contributed by atoms with van der Waals surface area (Å²) in [6.07, 6.45) is 2.36. The molecule has 1 amide bonds. The topological polar surface area (TPSA) is 96.2 Å². The van der Waals surface area contributed by atoms with Gasteiger partial charge in [0, 0.05) is 36.2 Å². The van der Waals surface area contributed by atoms with Crippen LogP contribution in [-0.2, 0) is 0 Å². The lowest BCUT2D eigenvalue weighted by molar-refractivity contribution is 0.102. The summed E-state index contributed by atoms with van der Waals surface area (Å²) in [5, 5.41) is 10.0. The molecule has 1 fully saturated rings. The van der Waals surface area contributed by atoms with E-state index in [4.69, 9.17) is 4.52 Å². The molecule has 8 heteroatoms. The Labute approximate surface area is 169 Å². The van der Waals surface area contributed by atoms with Crippen molar-refractivity contribution >= 4 is 29.0 Å². The van der Waals surface area contributed by atoms with Crippen LogP contribution in [0, 0.1) is 20.8 Å². The summed E-state index contributed by atoms with van der Waals surface area (Å²) < 4.78 is 5.06. The van der Waals surface area contributed by atoms with E-state index in [2.05, 4.69) is 30.7 Å². The third-order valence-electron chi connectivity index (χ3n) is 4.91. The average Bonchev–Trinajstić information content (AvgIpc) is 3.33. The van der Waals surface area contributed by atoms with E-state index in [-0.39, 0.29) is 5.91 Å². The van der Waals surface area contributed by atoms with Crippen molar-refractivity contribution < 1.29 is 9.32 Å². The van der Waals surface area contributed by atoms with Gasteiger partial charge in [-0.3, -0.25) is 4.79 Å². The number of carbonyl (C=O) groups excluding carboxylic acids is 1. The van der Waals surface area contributed by atoms with Crippen molar-refractivity contribution in [1.82, 2.24) is 15.1 Å². The lowest BCUT2D eigenvalue weighted by Crippen LogP contribution is -2.21. The van der Waals surface area contributed by atoms with Gasteiger partial charge in [-0.25, -0.2) is 4.98 Å². The second-order valence-corrected chi connectivity index (χ2v) is 7.24. The highest BCUT2D eigenvalue weighted by atomic mass is 16.5. The van der Waals surface area contributed by atoms with Crippen molar-refractivity contribution in [2.75, 3.05) is 28.6 Å². The normalized spacial score (nSPS) is 13.6. The molecule has 0 atom stereocenters. The van der Waals surface area contributed by atoms with Gasteiger partial charge in [-0.2, -0.15) is 4.98 Å². The van der Waals surface area contributed by atoms with Gasteiger partial charge in [0.05, 0.1) is 5.69 Å². The molecule has 2 N–H and O–H groups in total. The minimum absolute atomic E-state index is 0.233. The van der Waals surface area contributed by atoms with Crippen LogP contribution in [0.4, 0.5) is 23.1 Å². The summed E-state index contributed by atoms with van der Waals surface area (Å²) in [4.78, 5) is 23.9. The van der Waals surface area contributed by atoms with Crippen LogP contribution >= 0.6 is 0 Å². The molecule has 0 saturated carbocycles. The van der Waals surface area contributed by atoms with Gasteiger partial charge in [-0.1, -0.05) is 5.16 Å². The molecule has 0 aliphatic carbocycles. The Bertz CT molecular complexity index is 1000. The number of benzene rings is 1. The van der Waals surface area contributed by atoms with E-state index in [1.165, 1.54) is 12.8 Å². The van der Waals surface area contributed by atoms with Crippen LogP contribution in [0.15, 0.2) is 34.9 Å². The van der Waals surface area contributed by atoms with E-state index in [1.807, 2.05) is 37.3 Å². The fraction of sp³-hybridized carbons (Fsp3) is 0.333. The van der Waals surface area contributed by atoms with Crippen LogP contribution in [0.1, 0.15) is 40.3 Å². The number of aromatic nitrogens is 3. The Hall–Kier alpha value is -3.42. The minimum Gasteiger partial charge on any atom is -0.361 e. The van der Waals surface area contributed by atoms with E-state index < -0.39 is 0 Å². The van der Waals surface area contributed by atoms with Gasteiger partial charge in [0.2, 0.25) is 5.95 Å². The third-order valence-corrected chi connectivity index (χ3v) is 4.91. The van der Waals surface area contributed by atoms with E-state index in [1.54, 1.807) is 13.8 Å². The number of amides is 1. The number of aryl methyl sites for hydroxylation is 3. The number of nitrogens with zero attached hydrogens (tertiary/aromatic N) is 4. The number of hydrogen-bond donors (Lipinski definition) is 2.